The van der Waals surface area contributed by atoms with E-state index in [1.807, 2.05) is 30.3 Å². The lowest BCUT2D eigenvalue weighted by Crippen LogP contribution is -2.15. The number of nitrogens with zero attached hydrogens (tertiary/aromatic N) is 1. The predicted octanol–water partition coefficient (Wildman–Crippen LogP) is 4.13. The molecule has 3 rings (SSSR count). The molecule has 100 valence electrons. The third-order valence-corrected chi connectivity index (χ3v) is 4.10. The molecular weight excluding hydrogens is 294 g/mol. The molecule has 1 heterocycles. The van der Waals surface area contributed by atoms with Gasteiger partial charge in [0.1, 0.15) is 19.3 Å². The van der Waals surface area contributed by atoms with Gasteiger partial charge in [-0.3, -0.25) is 0 Å². The number of benzene rings is 2. The topological polar surface area (TPSA) is 42.2 Å². The van der Waals surface area contributed by atoms with E-state index >= 15 is 0 Å². The highest BCUT2D eigenvalue weighted by molar-refractivity contribution is 7.99. The van der Waals surface area contributed by atoms with Gasteiger partial charge in [-0.25, -0.2) is 0 Å². The lowest BCUT2D eigenvalue weighted by Gasteiger charge is -2.18. The van der Waals surface area contributed by atoms with Crippen molar-refractivity contribution >= 4 is 23.4 Å². The molecule has 0 unspecified atom stereocenters. The van der Waals surface area contributed by atoms with E-state index in [1.165, 1.54) is 0 Å². The number of halogens is 1. The summed E-state index contributed by atoms with van der Waals surface area (Å²) < 4.78 is 11.0. The SMILES string of the molecule is N#Cc1ccc(Sc2ccc3c(c2)OCCO3)cc1Cl. The molecule has 1 aliphatic heterocycles. The fraction of sp³-hybridized carbons (Fsp3) is 0.133. The lowest BCUT2D eigenvalue weighted by atomic mass is 10.2. The monoisotopic (exact) mass is 303 g/mol. The van der Waals surface area contributed by atoms with Crippen LogP contribution in [-0.2, 0) is 0 Å². The standard InChI is InChI=1S/C15H10ClNO2S/c16-13-7-11(2-1-10(13)9-17)20-12-3-4-14-15(8-12)19-6-5-18-14/h1-4,7-8H,5-6H2. The van der Waals surface area contributed by atoms with E-state index in [2.05, 4.69) is 0 Å². The molecule has 1 aliphatic rings. The first-order chi connectivity index (χ1) is 9.76. The molecule has 5 heteroatoms. The van der Waals surface area contributed by atoms with E-state index in [0.29, 0.717) is 23.8 Å². The van der Waals surface area contributed by atoms with Crippen molar-refractivity contribution in [3.63, 3.8) is 0 Å². The summed E-state index contributed by atoms with van der Waals surface area (Å²) in [7, 11) is 0. The van der Waals surface area contributed by atoms with Crippen LogP contribution in [0.4, 0.5) is 0 Å². The van der Waals surface area contributed by atoms with Crippen LogP contribution in [0.25, 0.3) is 0 Å². The summed E-state index contributed by atoms with van der Waals surface area (Å²) in [6.07, 6.45) is 0. The molecule has 0 aliphatic carbocycles. The van der Waals surface area contributed by atoms with Gasteiger partial charge in [-0.05, 0) is 36.4 Å². The second-order valence-electron chi connectivity index (χ2n) is 4.16. The Labute approximate surface area is 126 Å². The number of hydrogen-bond acceptors (Lipinski definition) is 4. The van der Waals surface area contributed by atoms with Crippen molar-refractivity contribution in [2.75, 3.05) is 13.2 Å². The summed E-state index contributed by atoms with van der Waals surface area (Å²) in [6, 6.07) is 13.3. The minimum Gasteiger partial charge on any atom is -0.486 e. The third kappa shape index (κ3) is 2.69. The largest absolute Gasteiger partial charge is 0.486 e. The van der Waals surface area contributed by atoms with Crippen molar-refractivity contribution in [2.24, 2.45) is 0 Å². The summed E-state index contributed by atoms with van der Waals surface area (Å²) in [5, 5.41) is 9.33. The summed E-state index contributed by atoms with van der Waals surface area (Å²) in [6.45, 7) is 1.16. The molecule has 0 aromatic heterocycles. The van der Waals surface area contributed by atoms with Crippen molar-refractivity contribution < 1.29 is 9.47 Å². The number of nitriles is 1. The van der Waals surface area contributed by atoms with Crippen LogP contribution in [-0.4, -0.2) is 13.2 Å². The average Bonchev–Trinajstić information content (AvgIpc) is 2.47. The molecule has 0 bridgehead atoms. The molecule has 0 atom stereocenters. The Balaban J connectivity index is 1.84. The van der Waals surface area contributed by atoms with Crippen LogP contribution in [0, 0.1) is 11.3 Å². The summed E-state index contributed by atoms with van der Waals surface area (Å²) >= 11 is 7.59. The van der Waals surface area contributed by atoms with Gasteiger partial charge in [0.05, 0.1) is 10.6 Å². The van der Waals surface area contributed by atoms with Crippen molar-refractivity contribution in [1.29, 1.82) is 5.26 Å². The van der Waals surface area contributed by atoms with Gasteiger partial charge in [0.2, 0.25) is 0 Å². The Bertz CT molecular complexity index is 697. The Hall–Kier alpha value is -1.83. The molecule has 0 saturated carbocycles. The van der Waals surface area contributed by atoms with E-state index in [-0.39, 0.29) is 0 Å². The van der Waals surface area contributed by atoms with Crippen LogP contribution in [0.5, 0.6) is 11.5 Å². The van der Waals surface area contributed by atoms with Gasteiger partial charge >= 0.3 is 0 Å². The number of hydrogen-bond donors (Lipinski definition) is 0. The zero-order valence-electron chi connectivity index (χ0n) is 10.4. The van der Waals surface area contributed by atoms with E-state index < -0.39 is 0 Å². The maximum atomic E-state index is 8.86. The normalized spacial score (nSPS) is 12.8. The van der Waals surface area contributed by atoms with Crippen molar-refractivity contribution in [1.82, 2.24) is 0 Å². The van der Waals surface area contributed by atoms with Crippen LogP contribution >= 0.6 is 23.4 Å². The zero-order valence-corrected chi connectivity index (χ0v) is 12.0. The number of fused-ring (bicyclic) bond motifs is 1. The van der Waals surface area contributed by atoms with Crippen LogP contribution in [0.3, 0.4) is 0 Å². The van der Waals surface area contributed by atoms with Gasteiger partial charge in [-0.1, -0.05) is 23.4 Å². The molecule has 0 fully saturated rings. The smallest absolute Gasteiger partial charge is 0.162 e. The maximum absolute atomic E-state index is 8.86. The number of rotatable bonds is 2. The minimum absolute atomic E-state index is 0.468. The van der Waals surface area contributed by atoms with E-state index in [4.69, 9.17) is 26.3 Å². The van der Waals surface area contributed by atoms with Gasteiger partial charge in [-0.2, -0.15) is 5.26 Å². The van der Waals surface area contributed by atoms with E-state index in [1.54, 1.807) is 23.9 Å². The van der Waals surface area contributed by atoms with Crippen molar-refractivity contribution in [2.45, 2.75) is 9.79 Å². The van der Waals surface area contributed by atoms with Gasteiger partial charge in [-0.15, -0.1) is 0 Å². The van der Waals surface area contributed by atoms with Crippen LogP contribution in [0.2, 0.25) is 5.02 Å². The highest BCUT2D eigenvalue weighted by Gasteiger charge is 2.12. The summed E-state index contributed by atoms with van der Waals surface area (Å²) in [4.78, 5) is 2.01. The molecule has 2 aromatic carbocycles. The average molecular weight is 304 g/mol. The highest BCUT2D eigenvalue weighted by atomic mass is 35.5. The molecule has 0 spiro atoms. The van der Waals surface area contributed by atoms with E-state index in [0.717, 1.165) is 21.3 Å². The van der Waals surface area contributed by atoms with Crippen LogP contribution in [0.15, 0.2) is 46.2 Å². The minimum atomic E-state index is 0.468. The van der Waals surface area contributed by atoms with Gasteiger partial charge in [0, 0.05) is 9.79 Å². The van der Waals surface area contributed by atoms with Crippen LogP contribution in [0.1, 0.15) is 5.56 Å². The van der Waals surface area contributed by atoms with Gasteiger partial charge < -0.3 is 9.47 Å². The Kier molecular flexibility index (Phi) is 3.72. The summed E-state index contributed by atoms with van der Waals surface area (Å²) in [5.74, 6) is 1.54. The quantitative estimate of drug-likeness (QED) is 0.836. The van der Waals surface area contributed by atoms with Gasteiger partial charge in [0.25, 0.3) is 0 Å². The predicted molar refractivity (Wildman–Crippen MR) is 77.7 cm³/mol. The lowest BCUT2D eigenvalue weighted by molar-refractivity contribution is 0.171. The fourth-order valence-electron chi connectivity index (χ4n) is 1.87. The van der Waals surface area contributed by atoms with Gasteiger partial charge in [0.15, 0.2) is 11.5 Å². The van der Waals surface area contributed by atoms with Crippen molar-refractivity contribution in [3.8, 4) is 17.6 Å². The second-order valence-corrected chi connectivity index (χ2v) is 5.72. The molecular formula is C15H10ClNO2S. The fourth-order valence-corrected chi connectivity index (χ4v) is 3.05. The molecule has 3 nitrogen and oxygen atoms in total. The maximum Gasteiger partial charge on any atom is 0.162 e. The number of ether oxygens (including phenoxy) is 2. The Morgan fingerprint density at radius 1 is 1.00 bits per heavy atom. The molecule has 20 heavy (non-hydrogen) atoms. The molecule has 0 N–H and O–H groups in total. The first-order valence-electron chi connectivity index (χ1n) is 6.03. The third-order valence-electron chi connectivity index (χ3n) is 2.81. The zero-order chi connectivity index (χ0) is 13.9. The second kappa shape index (κ2) is 5.66. The Morgan fingerprint density at radius 3 is 2.45 bits per heavy atom. The van der Waals surface area contributed by atoms with Crippen molar-refractivity contribution in [3.05, 3.63) is 47.0 Å². The van der Waals surface area contributed by atoms with Crippen LogP contribution < -0.4 is 9.47 Å². The molecule has 0 radical (unpaired) electrons. The molecule has 0 saturated heterocycles. The molecule has 2 aromatic rings. The molecule has 0 amide bonds. The first kappa shape index (κ1) is 13.2. The van der Waals surface area contributed by atoms with E-state index in [9.17, 15) is 0 Å². The summed E-state index contributed by atoms with van der Waals surface area (Å²) in [5.41, 5.74) is 0.484. The highest BCUT2D eigenvalue weighted by Crippen LogP contribution is 2.37. The Morgan fingerprint density at radius 2 is 1.70 bits per heavy atom. The first-order valence-corrected chi connectivity index (χ1v) is 7.23.